The summed E-state index contributed by atoms with van der Waals surface area (Å²) in [6, 6.07) is 3.57. The third kappa shape index (κ3) is 2.24. The fourth-order valence-corrected chi connectivity index (χ4v) is 1.54. The molecule has 0 aromatic carbocycles. The van der Waals surface area contributed by atoms with E-state index >= 15 is 0 Å². The minimum Gasteiger partial charge on any atom is -0.309 e. The number of nitrogens with zero attached hydrogens (tertiary/aromatic N) is 2. The lowest BCUT2D eigenvalue weighted by Gasteiger charge is -2.12. The maximum atomic E-state index is 12.8. The average molecular weight is 208 g/mol. The van der Waals surface area contributed by atoms with Crippen LogP contribution in [0.5, 0.6) is 0 Å². The first kappa shape index (κ1) is 11.4. The normalized spacial score (nSPS) is 12.2. The van der Waals surface area contributed by atoms with Crippen molar-refractivity contribution in [2.75, 3.05) is 0 Å². The molecule has 1 rings (SSSR count). The summed E-state index contributed by atoms with van der Waals surface area (Å²) in [4.78, 5) is 11.8. The molecule has 1 heterocycles. The van der Waals surface area contributed by atoms with Crippen LogP contribution in [0.25, 0.3) is 0 Å². The van der Waals surface area contributed by atoms with Gasteiger partial charge in [-0.2, -0.15) is 5.26 Å². The molecule has 0 saturated heterocycles. The zero-order valence-electron chi connectivity index (χ0n) is 9.04. The summed E-state index contributed by atoms with van der Waals surface area (Å²) in [6.45, 7) is 4.82. The van der Waals surface area contributed by atoms with Gasteiger partial charge in [0, 0.05) is 5.69 Å². The number of nitriles is 1. The van der Waals surface area contributed by atoms with Crippen molar-refractivity contribution in [2.24, 2.45) is 0 Å². The third-order valence-corrected chi connectivity index (χ3v) is 2.25. The molecule has 1 aromatic heterocycles. The van der Waals surface area contributed by atoms with E-state index in [0.717, 1.165) is 0 Å². The van der Waals surface area contributed by atoms with Crippen LogP contribution in [0.3, 0.4) is 0 Å². The first-order chi connectivity index (χ1) is 6.97. The lowest BCUT2D eigenvalue weighted by Crippen LogP contribution is -2.28. The number of hydrogen-bond acceptors (Lipinski definition) is 2. The van der Waals surface area contributed by atoms with Crippen LogP contribution in [0.15, 0.2) is 10.9 Å². The van der Waals surface area contributed by atoms with Gasteiger partial charge >= 0.3 is 0 Å². The predicted molar refractivity (Wildman–Crippen MR) is 55.5 cm³/mol. The molecule has 0 N–H and O–H groups in total. The zero-order chi connectivity index (χ0) is 11.6. The van der Waals surface area contributed by atoms with Gasteiger partial charge in [-0.25, -0.2) is 4.39 Å². The topological polar surface area (TPSA) is 45.8 Å². The second-order valence-electron chi connectivity index (χ2n) is 3.65. The molecule has 0 bridgehead atoms. The van der Waals surface area contributed by atoms with Crippen LogP contribution in [0.4, 0.5) is 4.39 Å². The molecule has 15 heavy (non-hydrogen) atoms. The molecule has 3 nitrogen and oxygen atoms in total. The van der Waals surface area contributed by atoms with E-state index < -0.39 is 11.7 Å². The molecule has 1 aromatic rings. The number of alkyl halides is 1. The van der Waals surface area contributed by atoms with E-state index in [1.807, 2.05) is 6.07 Å². The number of halogens is 1. The van der Waals surface area contributed by atoms with E-state index in [-0.39, 0.29) is 12.1 Å². The first-order valence-corrected chi connectivity index (χ1v) is 4.72. The van der Waals surface area contributed by atoms with Gasteiger partial charge in [0.25, 0.3) is 5.56 Å². The molecule has 1 unspecified atom stereocenters. The van der Waals surface area contributed by atoms with E-state index in [1.54, 1.807) is 19.9 Å². The molecule has 0 aliphatic heterocycles. The summed E-state index contributed by atoms with van der Waals surface area (Å²) in [5.74, 6) is 0. The van der Waals surface area contributed by atoms with Crippen LogP contribution in [0.2, 0.25) is 0 Å². The van der Waals surface area contributed by atoms with Crippen molar-refractivity contribution >= 4 is 0 Å². The highest BCUT2D eigenvalue weighted by Gasteiger charge is 2.11. The van der Waals surface area contributed by atoms with Crippen LogP contribution in [0, 0.1) is 25.2 Å². The van der Waals surface area contributed by atoms with Crippen molar-refractivity contribution in [2.45, 2.75) is 33.5 Å². The zero-order valence-corrected chi connectivity index (χ0v) is 9.04. The molecule has 0 saturated carbocycles. The van der Waals surface area contributed by atoms with Crippen molar-refractivity contribution in [1.29, 1.82) is 5.26 Å². The maximum absolute atomic E-state index is 12.8. The lowest BCUT2D eigenvalue weighted by molar-refractivity contribution is 0.315. The Morgan fingerprint density at radius 3 is 2.67 bits per heavy atom. The number of aryl methyl sites for hydroxylation is 2. The second-order valence-corrected chi connectivity index (χ2v) is 3.65. The summed E-state index contributed by atoms with van der Waals surface area (Å²) in [7, 11) is 0. The van der Waals surface area contributed by atoms with Crippen LogP contribution in [-0.2, 0) is 6.54 Å². The van der Waals surface area contributed by atoms with Gasteiger partial charge in [0.15, 0.2) is 0 Å². The monoisotopic (exact) mass is 208 g/mol. The quantitative estimate of drug-likeness (QED) is 0.742. The van der Waals surface area contributed by atoms with E-state index in [2.05, 4.69) is 0 Å². The Kier molecular flexibility index (Phi) is 3.25. The third-order valence-electron chi connectivity index (χ3n) is 2.25. The standard InChI is InChI=1S/C11H13FN2O/c1-7-4-9(3)14(6-8(2)12)11(15)10(7)5-13/h4,8H,6H2,1-3H3. The molecule has 0 spiro atoms. The predicted octanol–water partition coefficient (Wildman–Crippen LogP) is 1.69. The molecular weight excluding hydrogens is 195 g/mol. The summed E-state index contributed by atoms with van der Waals surface area (Å²) in [5.41, 5.74) is 1.02. The van der Waals surface area contributed by atoms with E-state index in [0.29, 0.717) is 11.3 Å². The lowest BCUT2D eigenvalue weighted by atomic mass is 10.1. The Labute approximate surface area is 87.8 Å². The Morgan fingerprint density at radius 2 is 2.20 bits per heavy atom. The minimum absolute atomic E-state index is 0.000370. The molecule has 0 fully saturated rings. The molecular formula is C11H13FN2O. The molecule has 80 valence electrons. The highest BCUT2D eigenvalue weighted by molar-refractivity contribution is 5.36. The SMILES string of the molecule is Cc1cc(C)n(CC(C)F)c(=O)c1C#N. The molecule has 0 aliphatic rings. The van der Waals surface area contributed by atoms with Gasteiger partial charge < -0.3 is 4.57 Å². The molecule has 0 aliphatic carbocycles. The van der Waals surface area contributed by atoms with Crippen molar-refractivity contribution in [3.05, 3.63) is 33.2 Å². The Balaban J connectivity index is 3.41. The molecule has 0 radical (unpaired) electrons. The summed E-state index contributed by atoms with van der Waals surface area (Å²) < 4.78 is 14.1. The Hall–Kier alpha value is -1.63. The maximum Gasteiger partial charge on any atom is 0.269 e. The number of pyridine rings is 1. The first-order valence-electron chi connectivity index (χ1n) is 4.72. The Morgan fingerprint density at radius 1 is 1.60 bits per heavy atom. The average Bonchev–Trinajstić information content (AvgIpc) is 2.12. The van der Waals surface area contributed by atoms with Gasteiger partial charge in [-0.15, -0.1) is 0 Å². The number of hydrogen-bond donors (Lipinski definition) is 0. The number of rotatable bonds is 2. The van der Waals surface area contributed by atoms with E-state index in [9.17, 15) is 9.18 Å². The van der Waals surface area contributed by atoms with Gasteiger partial charge in [-0.05, 0) is 32.4 Å². The summed E-state index contributed by atoms with van der Waals surface area (Å²) in [5, 5.41) is 8.79. The van der Waals surface area contributed by atoms with Gasteiger partial charge in [-0.3, -0.25) is 4.79 Å². The second kappa shape index (κ2) is 4.26. The van der Waals surface area contributed by atoms with E-state index in [4.69, 9.17) is 5.26 Å². The van der Waals surface area contributed by atoms with Crippen molar-refractivity contribution < 1.29 is 4.39 Å². The largest absolute Gasteiger partial charge is 0.309 e. The van der Waals surface area contributed by atoms with Gasteiger partial charge in [0.2, 0.25) is 0 Å². The van der Waals surface area contributed by atoms with Crippen LogP contribution in [0.1, 0.15) is 23.7 Å². The smallest absolute Gasteiger partial charge is 0.269 e. The van der Waals surface area contributed by atoms with Gasteiger partial charge in [0.05, 0.1) is 6.54 Å². The van der Waals surface area contributed by atoms with Crippen molar-refractivity contribution in [3.8, 4) is 6.07 Å². The van der Waals surface area contributed by atoms with Crippen molar-refractivity contribution in [3.63, 3.8) is 0 Å². The van der Waals surface area contributed by atoms with Crippen LogP contribution >= 0.6 is 0 Å². The van der Waals surface area contributed by atoms with Gasteiger partial charge in [-0.1, -0.05) is 0 Å². The molecule has 0 amide bonds. The summed E-state index contributed by atoms with van der Waals surface area (Å²) in [6.07, 6.45) is -1.10. The van der Waals surface area contributed by atoms with Crippen molar-refractivity contribution in [1.82, 2.24) is 4.57 Å². The molecule has 1 atom stereocenters. The fourth-order valence-electron chi connectivity index (χ4n) is 1.54. The van der Waals surface area contributed by atoms with Crippen LogP contribution < -0.4 is 5.56 Å². The molecule has 4 heteroatoms. The highest BCUT2D eigenvalue weighted by Crippen LogP contribution is 2.06. The van der Waals surface area contributed by atoms with Crippen LogP contribution in [-0.4, -0.2) is 10.7 Å². The highest BCUT2D eigenvalue weighted by atomic mass is 19.1. The van der Waals surface area contributed by atoms with E-state index in [1.165, 1.54) is 11.5 Å². The summed E-state index contributed by atoms with van der Waals surface area (Å²) >= 11 is 0. The number of aromatic nitrogens is 1. The fraction of sp³-hybridized carbons (Fsp3) is 0.455. The van der Waals surface area contributed by atoms with Gasteiger partial charge in [0.1, 0.15) is 17.8 Å². The Bertz CT molecular complexity index is 469. The minimum atomic E-state index is -1.10.